The van der Waals surface area contributed by atoms with Crippen LogP contribution in [0.2, 0.25) is 0 Å². The standard InChI is InChI=1S/C23H23N5O3/c29-20(27-11-13-28(14-12-27)23-24-9-4-10-25-23)15-31-22(30)21-16-5-1-2-7-18(16)26-19-8-3-6-17(19)21/h1-2,4-5,7,9-10H,3,6,8,11-15H2. The quantitative estimate of drug-likeness (QED) is 0.600. The van der Waals surface area contributed by atoms with E-state index < -0.39 is 5.97 Å². The predicted octanol–water partition coefficient (Wildman–Crippen LogP) is 2.02. The number of benzene rings is 1. The lowest BCUT2D eigenvalue weighted by Crippen LogP contribution is -2.50. The van der Waals surface area contributed by atoms with Crippen LogP contribution in [-0.4, -0.2) is 64.5 Å². The number of aryl methyl sites for hydroxylation is 1. The van der Waals surface area contributed by atoms with Gasteiger partial charge in [0.25, 0.3) is 5.91 Å². The summed E-state index contributed by atoms with van der Waals surface area (Å²) in [5.41, 5.74) is 3.29. The van der Waals surface area contributed by atoms with Gasteiger partial charge >= 0.3 is 5.97 Å². The number of para-hydroxylation sites is 1. The Hall–Kier alpha value is -3.55. The Morgan fingerprint density at radius 3 is 2.55 bits per heavy atom. The number of ether oxygens (including phenoxy) is 1. The van der Waals surface area contributed by atoms with E-state index in [4.69, 9.17) is 9.72 Å². The number of hydrogen-bond donors (Lipinski definition) is 0. The smallest absolute Gasteiger partial charge is 0.339 e. The maximum atomic E-state index is 13.0. The molecular formula is C23H23N5O3. The predicted molar refractivity (Wildman–Crippen MR) is 115 cm³/mol. The van der Waals surface area contributed by atoms with Gasteiger partial charge in [0.1, 0.15) is 0 Å². The number of fused-ring (bicyclic) bond motifs is 2. The van der Waals surface area contributed by atoms with Crippen LogP contribution >= 0.6 is 0 Å². The molecule has 5 rings (SSSR count). The molecule has 2 aromatic heterocycles. The van der Waals surface area contributed by atoms with Crippen LogP contribution in [0.25, 0.3) is 10.9 Å². The molecule has 2 aliphatic rings. The van der Waals surface area contributed by atoms with Crippen LogP contribution in [0.1, 0.15) is 28.0 Å². The van der Waals surface area contributed by atoms with Gasteiger partial charge in [0.05, 0.1) is 11.1 Å². The number of hydrogen-bond acceptors (Lipinski definition) is 7. The molecule has 0 atom stereocenters. The highest BCUT2D eigenvalue weighted by atomic mass is 16.5. The minimum atomic E-state index is -0.443. The van der Waals surface area contributed by atoms with Gasteiger partial charge in [-0.2, -0.15) is 0 Å². The fourth-order valence-corrected chi connectivity index (χ4v) is 4.35. The molecule has 31 heavy (non-hydrogen) atoms. The third-order valence-electron chi connectivity index (χ3n) is 5.92. The van der Waals surface area contributed by atoms with Crippen molar-refractivity contribution in [2.24, 2.45) is 0 Å². The van der Waals surface area contributed by atoms with Crippen molar-refractivity contribution in [1.29, 1.82) is 0 Å². The molecule has 0 unspecified atom stereocenters. The first kappa shape index (κ1) is 19.4. The molecule has 0 radical (unpaired) electrons. The molecule has 0 N–H and O–H groups in total. The van der Waals surface area contributed by atoms with Crippen LogP contribution in [0.4, 0.5) is 5.95 Å². The second-order valence-corrected chi connectivity index (χ2v) is 7.78. The van der Waals surface area contributed by atoms with E-state index in [2.05, 4.69) is 9.97 Å². The molecule has 1 saturated heterocycles. The second kappa shape index (κ2) is 8.29. The largest absolute Gasteiger partial charge is 0.452 e. The fourth-order valence-electron chi connectivity index (χ4n) is 4.35. The highest BCUT2D eigenvalue weighted by Gasteiger charge is 2.27. The Labute approximate surface area is 179 Å². The maximum Gasteiger partial charge on any atom is 0.339 e. The van der Waals surface area contributed by atoms with E-state index in [1.165, 1.54) is 0 Å². The minimum Gasteiger partial charge on any atom is -0.452 e. The number of amides is 1. The maximum absolute atomic E-state index is 13.0. The molecule has 1 fully saturated rings. The second-order valence-electron chi connectivity index (χ2n) is 7.78. The van der Waals surface area contributed by atoms with Crippen LogP contribution in [0, 0.1) is 0 Å². The van der Waals surface area contributed by atoms with Crippen molar-refractivity contribution in [3.8, 4) is 0 Å². The summed E-state index contributed by atoms with van der Waals surface area (Å²) in [7, 11) is 0. The lowest BCUT2D eigenvalue weighted by molar-refractivity contribution is -0.134. The van der Waals surface area contributed by atoms with Gasteiger partial charge in [-0.3, -0.25) is 9.78 Å². The van der Waals surface area contributed by atoms with Gasteiger partial charge in [-0.1, -0.05) is 18.2 Å². The third-order valence-corrected chi connectivity index (χ3v) is 5.92. The number of aromatic nitrogens is 3. The van der Waals surface area contributed by atoms with Gasteiger partial charge in [0, 0.05) is 49.7 Å². The van der Waals surface area contributed by atoms with E-state index in [0.717, 1.165) is 41.4 Å². The molecule has 0 bridgehead atoms. The third kappa shape index (κ3) is 3.81. The Balaban J connectivity index is 1.24. The van der Waals surface area contributed by atoms with Crippen molar-refractivity contribution in [2.45, 2.75) is 19.3 Å². The Morgan fingerprint density at radius 2 is 1.74 bits per heavy atom. The molecule has 0 spiro atoms. The van der Waals surface area contributed by atoms with E-state index in [1.54, 1.807) is 23.4 Å². The number of rotatable bonds is 4. The molecule has 1 aromatic carbocycles. The van der Waals surface area contributed by atoms with Crippen molar-refractivity contribution in [3.05, 3.63) is 59.5 Å². The van der Waals surface area contributed by atoms with Crippen LogP contribution in [0.15, 0.2) is 42.7 Å². The van der Waals surface area contributed by atoms with Gasteiger partial charge in [-0.15, -0.1) is 0 Å². The van der Waals surface area contributed by atoms with Crippen LogP contribution < -0.4 is 4.90 Å². The van der Waals surface area contributed by atoms with Gasteiger partial charge in [-0.05, 0) is 37.0 Å². The lowest BCUT2D eigenvalue weighted by Gasteiger charge is -2.34. The van der Waals surface area contributed by atoms with Crippen LogP contribution in [-0.2, 0) is 22.4 Å². The summed E-state index contributed by atoms with van der Waals surface area (Å²) in [6, 6.07) is 9.38. The molecule has 1 aliphatic carbocycles. The van der Waals surface area contributed by atoms with Crippen molar-refractivity contribution in [1.82, 2.24) is 19.9 Å². The normalized spacial score (nSPS) is 15.7. The zero-order valence-electron chi connectivity index (χ0n) is 17.2. The van der Waals surface area contributed by atoms with Gasteiger partial charge in [-0.25, -0.2) is 14.8 Å². The summed E-state index contributed by atoms with van der Waals surface area (Å²) in [4.78, 5) is 42.6. The molecule has 3 heterocycles. The van der Waals surface area contributed by atoms with Crippen molar-refractivity contribution >= 4 is 28.7 Å². The fraction of sp³-hybridized carbons (Fsp3) is 0.348. The molecule has 3 aromatic rings. The van der Waals surface area contributed by atoms with Crippen molar-refractivity contribution < 1.29 is 14.3 Å². The zero-order valence-corrected chi connectivity index (χ0v) is 17.2. The highest BCUT2D eigenvalue weighted by molar-refractivity contribution is 6.05. The average Bonchev–Trinajstić information content (AvgIpc) is 3.29. The SMILES string of the molecule is O=C(OCC(=O)N1CCN(c2ncccn2)CC1)c1c2c(nc3ccccc13)CCC2. The lowest BCUT2D eigenvalue weighted by atomic mass is 10.0. The summed E-state index contributed by atoms with van der Waals surface area (Å²) in [5.74, 6) is 0.0397. The topological polar surface area (TPSA) is 88.5 Å². The number of anilines is 1. The summed E-state index contributed by atoms with van der Waals surface area (Å²) < 4.78 is 5.49. The van der Waals surface area contributed by atoms with Gasteiger partial charge in [0.2, 0.25) is 5.95 Å². The Morgan fingerprint density at radius 1 is 0.968 bits per heavy atom. The summed E-state index contributed by atoms with van der Waals surface area (Å²) in [5, 5.41) is 0.789. The molecule has 0 saturated carbocycles. The number of carbonyl (C=O) groups excluding carboxylic acids is 2. The first-order valence-electron chi connectivity index (χ1n) is 10.6. The summed E-state index contributed by atoms with van der Waals surface area (Å²) in [6.07, 6.45) is 6.08. The van der Waals surface area contributed by atoms with Crippen molar-refractivity contribution in [3.63, 3.8) is 0 Å². The summed E-state index contributed by atoms with van der Waals surface area (Å²) >= 11 is 0. The van der Waals surface area contributed by atoms with Crippen molar-refractivity contribution in [2.75, 3.05) is 37.7 Å². The monoisotopic (exact) mass is 417 g/mol. The Kier molecular flexibility index (Phi) is 5.19. The van der Waals surface area contributed by atoms with Gasteiger partial charge in [0.15, 0.2) is 6.61 Å². The first-order chi connectivity index (χ1) is 15.2. The zero-order chi connectivity index (χ0) is 21.2. The van der Waals surface area contributed by atoms with E-state index in [-0.39, 0.29) is 12.5 Å². The molecule has 1 amide bonds. The Bertz CT molecular complexity index is 1130. The van der Waals surface area contributed by atoms with E-state index in [1.807, 2.05) is 29.2 Å². The number of pyridine rings is 1. The number of esters is 1. The number of nitrogens with zero attached hydrogens (tertiary/aromatic N) is 5. The first-order valence-corrected chi connectivity index (χ1v) is 10.6. The molecule has 1 aliphatic heterocycles. The number of piperazine rings is 1. The van der Waals surface area contributed by atoms with E-state index >= 15 is 0 Å². The highest BCUT2D eigenvalue weighted by Crippen LogP contribution is 2.30. The van der Waals surface area contributed by atoms with E-state index in [0.29, 0.717) is 37.7 Å². The molecule has 158 valence electrons. The average molecular weight is 417 g/mol. The molecular weight excluding hydrogens is 394 g/mol. The molecule has 8 nitrogen and oxygen atoms in total. The van der Waals surface area contributed by atoms with E-state index in [9.17, 15) is 9.59 Å². The minimum absolute atomic E-state index is 0.183. The molecule has 8 heteroatoms. The van der Waals surface area contributed by atoms with Crippen LogP contribution in [0.5, 0.6) is 0 Å². The summed E-state index contributed by atoms with van der Waals surface area (Å²) in [6.45, 7) is 2.12. The van der Waals surface area contributed by atoms with Crippen LogP contribution in [0.3, 0.4) is 0 Å². The number of carbonyl (C=O) groups is 2. The van der Waals surface area contributed by atoms with Gasteiger partial charge < -0.3 is 14.5 Å².